The molecule has 10 heteroatoms. The molecule has 0 saturated heterocycles. The van der Waals surface area contributed by atoms with Crippen LogP contribution < -0.4 is 14.8 Å². The second-order valence-corrected chi connectivity index (χ2v) is 8.47. The third-order valence-corrected chi connectivity index (χ3v) is 6.01. The van der Waals surface area contributed by atoms with Gasteiger partial charge in [-0.15, -0.1) is 11.3 Å². The van der Waals surface area contributed by atoms with Crippen LogP contribution in [-0.4, -0.2) is 47.8 Å². The summed E-state index contributed by atoms with van der Waals surface area (Å²) in [5.41, 5.74) is 2.99. The molecule has 0 saturated carbocycles. The van der Waals surface area contributed by atoms with Crippen molar-refractivity contribution in [1.29, 1.82) is 0 Å². The maximum absolute atomic E-state index is 13.8. The van der Waals surface area contributed by atoms with Crippen LogP contribution in [0, 0.1) is 12.7 Å². The summed E-state index contributed by atoms with van der Waals surface area (Å²) >= 11 is 1.33. The molecule has 8 nitrogen and oxygen atoms in total. The second kappa shape index (κ2) is 12.6. The molecule has 0 aliphatic rings. The summed E-state index contributed by atoms with van der Waals surface area (Å²) in [6.07, 6.45) is -0.353. The summed E-state index contributed by atoms with van der Waals surface area (Å²) in [5, 5.41) is 23.5. The van der Waals surface area contributed by atoms with Gasteiger partial charge in [-0.05, 0) is 42.8 Å². The SMILES string of the molecule is COc1cc(C)ccc1OCC(=O)O.O=CNCC(O)c1cccc(-c2csc3c(F)cccc23)n1. The molecule has 0 bridgehead atoms. The lowest BCUT2D eigenvalue weighted by Gasteiger charge is -2.10. The van der Waals surface area contributed by atoms with Crippen molar-refractivity contribution in [3.05, 3.63) is 77.1 Å². The molecular weight excluding hydrogens is 487 g/mol. The molecule has 4 aromatic rings. The highest BCUT2D eigenvalue weighted by atomic mass is 32.1. The molecule has 2 aromatic carbocycles. The molecule has 0 fully saturated rings. The first-order chi connectivity index (χ1) is 17.3. The average Bonchev–Trinajstić information content (AvgIpc) is 3.32. The van der Waals surface area contributed by atoms with Gasteiger partial charge in [-0.25, -0.2) is 14.2 Å². The van der Waals surface area contributed by atoms with E-state index in [0.717, 1.165) is 16.5 Å². The number of nitrogens with zero attached hydrogens (tertiary/aromatic N) is 1. The lowest BCUT2D eigenvalue weighted by molar-refractivity contribution is -0.139. The quantitative estimate of drug-likeness (QED) is 0.285. The minimum Gasteiger partial charge on any atom is -0.493 e. The first kappa shape index (κ1) is 26.6. The van der Waals surface area contributed by atoms with Crippen LogP contribution in [0.2, 0.25) is 0 Å². The van der Waals surface area contributed by atoms with Crippen LogP contribution in [0.1, 0.15) is 17.4 Å². The number of carbonyl (C=O) groups excluding carboxylic acids is 1. The van der Waals surface area contributed by atoms with Crippen molar-refractivity contribution in [2.75, 3.05) is 20.3 Å². The first-order valence-corrected chi connectivity index (χ1v) is 11.7. The van der Waals surface area contributed by atoms with Gasteiger partial charge < -0.3 is 25.0 Å². The van der Waals surface area contributed by atoms with Gasteiger partial charge in [-0.1, -0.05) is 24.3 Å². The summed E-state index contributed by atoms with van der Waals surface area (Å²) in [6.45, 7) is 1.65. The minimum atomic E-state index is -1.01. The van der Waals surface area contributed by atoms with Gasteiger partial charge in [0, 0.05) is 22.9 Å². The number of benzene rings is 2. The molecule has 0 spiro atoms. The van der Waals surface area contributed by atoms with Crippen LogP contribution in [0.4, 0.5) is 4.39 Å². The zero-order chi connectivity index (χ0) is 26.1. The van der Waals surface area contributed by atoms with Crippen LogP contribution in [0.5, 0.6) is 11.5 Å². The van der Waals surface area contributed by atoms with E-state index in [2.05, 4.69) is 10.3 Å². The molecule has 0 aliphatic carbocycles. The number of amides is 1. The predicted octanol–water partition coefficient (Wildman–Crippen LogP) is 4.35. The molecular formula is C26H25FN2O6S. The van der Waals surface area contributed by atoms with Gasteiger partial charge in [0.15, 0.2) is 18.1 Å². The molecule has 1 unspecified atom stereocenters. The molecule has 1 amide bonds. The number of aliphatic carboxylic acids is 1. The van der Waals surface area contributed by atoms with Crippen LogP contribution in [0.3, 0.4) is 0 Å². The van der Waals surface area contributed by atoms with E-state index in [1.807, 2.05) is 30.5 Å². The minimum absolute atomic E-state index is 0.0962. The van der Waals surface area contributed by atoms with Gasteiger partial charge in [0.1, 0.15) is 11.9 Å². The van der Waals surface area contributed by atoms with Crippen molar-refractivity contribution < 1.29 is 33.7 Å². The zero-order valence-corrected chi connectivity index (χ0v) is 20.4. The molecule has 0 radical (unpaired) electrons. The highest BCUT2D eigenvalue weighted by Gasteiger charge is 2.13. The van der Waals surface area contributed by atoms with E-state index in [4.69, 9.17) is 14.6 Å². The summed E-state index contributed by atoms with van der Waals surface area (Å²) in [5.74, 6) is -0.264. The Balaban J connectivity index is 0.000000223. The Kier molecular flexibility index (Phi) is 9.32. The van der Waals surface area contributed by atoms with Gasteiger partial charge in [-0.2, -0.15) is 0 Å². The maximum Gasteiger partial charge on any atom is 0.341 e. The Hall–Kier alpha value is -4.02. The van der Waals surface area contributed by atoms with Gasteiger partial charge >= 0.3 is 5.97 Å². The Morgan fingerprint density at radius 1 is 1.19 bits per heavy atom. The van der Waals surface area contributed by atoms with Gasteiger partial charge in [0.25, 0.3) is 0 Å². The number of aliphatic hydroxyl groups is 1. The standard InChI is InChI=1S/C16H13FN2O2S.C10H12O4/c17-12-4-1-3-10-11(8-22-16(10)12)13-5-2-6-14(19-13)15(21)7-18-9-20;1-7-3-4-8(9(5-7)13-2)14-6-10(11)12/h1-6,8-9,15,21H,7H2,(H,18,20);3-5H,6H2,1-2H3,(H,11,12). The molecule has 4 rings (SSSR count). The van der Waals surface area contributed by atoms with Crippen molar-refractivity contribution in [2.45, 2.75) is 13.0 Å². The van der Waals surface area contributed by atoms with E-state index >= 15 is 0 Å². The summed E-state index contributed by atoms with van der Waals surface area (Å²) in [4.78, 5) is 25.0. The third-order valence-electron chi connectivity index (χ3n) is 5.00. The number of carboxylic acid groups (broad SMARTS) is 1. The van der Waals surface area contributed by atoms with Crippen LogP contribution in [-0.2, 0) is 9.59 Å². The highest BCUT2D eigenvalue weighted by Crippen LogP contribution is 2.34. The molecule has 36 heavy (non-hydrogen) atoms. The van der Waals surface area contributed by atoms with Crippen molar-refractivity contribution in [1.82, 2.24) is 10.3 Å². The van der Waals surface area contributed by atoms with E-state index in [9.17, 15) is 19.1 Å². The summed E-state index contributed by atoms with van der Waals surface area (Å²) in [7, 11) is 1.52. The zero-order valence-electron chi connectivity index (χ0n) is 19.6. The van der Waals surface area contributed by atoms with Crippen molar-refractivity contribution in [3.63, 3.8) is 0 Å². The van der Waals surface area contributed by atoms with E-state index in [1.165, 1.54) is 24.5 Å². The predicted molar refractivity (Wildman–Crippen MR) is 135 cm³/mol. The van der Waals surface area contributed by atoms with Crippen molar-refractivity contribution in [3.8, 4) is 22.8 Å². The number of aromatic nitrogens is 1. The largest absolute Gasteiger partial charge is 0.493 e. The molecule has 3 N–H and O–H groups in total. The number of carboxylic acids is 1. The molecule has 2 heterocycles. The van der Waals surface area contributed by atoms with Crippen molar-refractivity contribution in [2.24, 2.45) is 0 Å². The number of hydrogen-bond donors (Lipinski definition) is 3. The fourth-order valence-electron chi connectivity index (χ4n) is 3.31. The second-order valence-electron chi connectivity index (χ2n) is 7.59. The lowest BCUT2D eigenvalue weighted by Crippen LogP contribution is -2.20. The van der Waals surface area contributed by atoms with Crippen LogP contribution >= 0.6 is 11.3 Å². The van der Waals surface area contributed by atoms with E-state index in [-0.39, 0.29) is 19.0 Å². The number of hydrogen-bond acceptors (Lipinski definition) is 7. The maximum atomic E-state index is 13.8. The number of rotatable bonds is 9. The van der Waals surface area contributed by atoms with Crippen LogP contribution in [0.25, 0.3) is 21.3 Å². The number of fused-ring (bicyclic) bond motifs is 1. The Morgan fingerprint density at radius 2 is 1.97 bits per heavy atom. The van der Waals surface area contributed by atoms with Gasteiger partial charge in [0.2, 0.25) is 6.41 Å². The number of aliphatic hydroxyl groups excluding tert-OH is 1. The number of ether oxygens (including phenoxy) is 2. The molecule has 188 valence electrons. The first-order valence-electron chi connectivity index (χ1n) is 10.8. The number of carbonyl (C=O) groups is 2. The Labute approximate surface area is 211 Å². The summed E-state index contributed by atoms with van der Waals surface area (Å²) in [6, 6.07) is 15.6. The molecule has 2 aromatic heterocycles. The van der Waals surface area contributed by atoms with Crippen molar-refractivity contribution >= 4 is 33.8 Å². The number of aryl methyl sites for hydroxylation is 1. The number of nitrogens with one attached hydrogen (secondary N) is 1. The number of pyridine rings is 1. The van der Waals surface area contributed by atoms with E-state index in [1.54, 1.807) is 30.3 Å². The average molecular weight is 513 g/mol. The van der Waals surface area contributed by atoms with Crippen LogP contribution in [0.15, 0.2) is 60.0 Å². The van der Waals surface area contributed by atoms with E-state index in [0.29, 0.717) is 34.0 Å². The molecule has 0 aliphatic heterocycles. The highest BCUT2D eigenvalue weighted by molar-refractivity contribution is 7.17. The van der Waals surface area contributed by atoms with Gasteiger partial charge in [-0.3, -0.25) is 4.79 Å². The van der Waals surface area contributed by atoms with E-state index < -0.39 is 12.1 Å². The summed E-state index contributed by atoms with van der Waals surface area (Å²) < 4.78 is 24.4. The Morgan fingerprint density at radius 3 is 2.69 bits per heavy atom. The monoisotopic (exact) mass is 512 g/mol. The fraction of sp³-hybridized carbons (Fsp3) is 0.192. The number of halogens is 1. The Bertz CT molecular complexity index is 1340. The number of methoxy groups -OCH3 is 1. The normalized spacial score (nSPS) is 11.2. The smallest absolute Gasteiger partial charge is 0.341 e. The lowest BCUT2D eigenvalue weighted by atomic mass is 10.1. The fourth-order valence-corrected chi connectivity index (χ4v) is 4.27. The molecule has 1 atom stereocenters. The number of thiophene rings is 1. The topological polar surface area (TPSA) is 118 Å². The third kappa shape index (κ3) is 6.77. The van der Waals surface area contributed by atoms with Gasteiger partial charge in [0.05, 0.1) is 23.2 Å².